The first kappa shape index (κ1) is 13.6. The van der Waals surface area contributed by atoms with Crippen molar-refractivity contribution in [2.45, 2.75) is 25.9 Å². The van der Waals surface area contributed by atoms with Crippen LogP contribution in [-0.4, -0.2) is 23.8 Å². The average Bonchev–Trinajstić information content (AvgIpc) is 2.38. The van der Waals surface area contributed by atoms with E-state index >= 15 is 0 Å². The van der Waals surface area contributed by atoms with Crippen LogP contribution in [0.1, 0.15) is 18.9 Å². The van der Waals surface area contributed by atoms with Crippen LogP contribution in [0.4, 0.5) is 0 Å². The summed E-state index contributed by atoms with van der Waals surface area (Å²) in [6.45, 7) is 2.97. The zero-order valence-electron chi connectivity index (χ0n) is 11.6. The summed E-state index contributed by atoms with van der Waals surface area (Å²) >= 11 is 0. The number of hydrogen-bond acceptors (Lipinski definition) is 2. The van der Waals surface area contributed by atoms with Gasteiger partial charge in [0.1, 0.15) is 0 Å². The van der Waals surface area contributed by atoms with E-state index in [1.807, 2.05) is 0 Å². The van der Waals surface area contributed by atoms with Gasteiger partial charge in [-0.25, -0.2) is 0 Å². The Morgan fingerprint density at radius 1 is 1.21 bits per heavy atom. The monoisotopic (exact) mass is 255 g/mol. The molecule has 2 rings (SSSR count). The second-order valence-corrected chi connectivity index (χ2v) is 5.13. The van der Waals surface area contributed by atoms with Gasteiger partial charge in [-0.2, -0.15) is 0 Å². The zero-order valence-corrected chi connectivity index (χ0v) is 11.6. The lowest BCUT2D eigenvalue weighted by molar-refractivity contribution is 0.255. The molecular formula is C16H21N3. The van der Waals surface area contributed by atoms with Crippen LogP contribution in [0.3, 0.4) is 0 Å². The topological polar surface area (TPSA) is 53.1 Å². The maximum atomic E-state index is 7.38. The van der Waals surface area contributed by atoms with Crippen molar-refractivity contribution in [1.82, 2.24) is 4.90 Å². The molecule has 2 aromatic rings. The van der Waals surface area contributed by atoms with E-state index in [1.54, 1.807) is 0 Å². The number of nitrogens with zero attached hydrogens (tertiary/aromatic N) is 1. The first-order chi connectivity index (χ1) is 9.08. The molecule has 3 heteroatoms. The van der Waals surface area contributed by atoms with Crippen molar-refractivity contribution in [3.8, 4) is 0 Å². The largest absolute Gasteiger partial charge is 0.388 e. The molecule has 0 aliphatic carbocycles. The summed E-state index contributed by atoms with van der Waals surface area (Å²) in [4.78, 5) is 2.24. The molecule has 2 aromatic carbocycles. The summed E-state index contributed by atoms with van der Waals surface area (Å²) in [5.74, 6) is 0.247. The van der Waals surface area contributed by atoms with Crippen LogP contribution in [0.5, 0.6) is 0 Å². The minimum absolute atomic E-state index is 0.247. The highest BCUT2D eigenvalue weighted by Crippen LogP contribution is 2.20. The molecule has 0 radical (unpaired) electrons. The fraction of sp³-hybridized carbons (Fsp3) is 0.312. The van der Waals surface area contributed by atoms with Crippen molar-refractivity contribution in [1.29, 1.82) is 5.41 Å². The number of rotatable bonds is 5. The highest BCUT2D eigenvalue weighted by atomic mass is 15.1. The Labute approximate surface area is 114 Å². The minimum atomic E-state index is 0.247. The van der Waals surface area contributed by atoms with Crippen molar-refractivity contribution in [3.63, 3.8) is 0 Å². The predicted molar refractivity (Wildman–Crippen MR) is 81.4 cm³/mol. The smallest absolute Gasteiger partial charge is 0.0920 e. The molecule has 0 fully saturated rings. The fourth-order valence-corrected chi connectivity index (χ4v) is 2.33. The van der Waals surface area contributed by atoms with Crippen molar-refractivity contribution in [2.75, 3.05) is 7.05 Å². The number of benzene rings is 2. The normalized spacial score (nSPS) is 12.8. The number of hydrogen-bond donors (Lipinski definition) is 2. The molecule has 1 unspecified atom stereocenters. The van der Waals surface area contributed by atoms with E-state index < -0.39 is 0 Å². The Morgan fingerprint density at radius 2 is 1.89 bits per heavy atom. The molecule has 1 atom stereocenters. The Hall–Kier alpha value is -1.87. The van der Waals surface area contributed by atoms with Gasteiger partial charge < -0.3 is 5.73 Å². The van der Waals surface area contributed by atoms with Crippen LogP contribution in [-0.2, 0) is 6.54 Å². The van der Waals surface area contributed by atoms with E-state index in [2.05, 4.69) is 61.3 Å². The zero-order chi connectivity index (χ0) is 13.8. The number of nitrogens with one attached hydrogen (secondary N) is 1. The first-order valence-corrected chi connectivity index (χ1v) is 6.57. The van der Waals surface area contributed by atoms with E-state index in [9.17, 15) is 0 Å². The molecule has 0 saturated heterocycles. The quantitative estimate of drug-likeness (QED) is 0.637. The Balaban J connectivity index is 2.19. The van der Waals surface area contributed by atoms with Gasteiger partial charge in [-0.3, -0.25) is 10.3 Å². The van der Waals surface area contributed by atoms with Crippen LogP contribution in [0.25, 0.3) is 10.8 Å². The van der Waals surface area contributed by atoms with Crippen LogP contribution in [0, 0.1) is 5.41 Å². The van der Waals surface area contributed by atoms with Gasteiger partial charge in [0.2, 0.25) is 0 Å². The second kappa shape index (κ2) is 5.85. The maximum Gasteiger partial charge on any atom is 0.0920 e. The van der Waals surface area contributed by atoms with Gasteiger partial charge in [0, 0.05) is 19.0 Å². The van der Waals surface area contributed by atoms with Gasteiger partial charge in [0.15, 0.2) is 0 Å². The van der Waals surface area contributed by atoms with E-state index in [4.69, 9.17) is 11.1 Å². The predicted octanol–water partition coefficient (Wildman–Crippen LogP) is 2.99. The van der Waals surface area contributed by atoms with E-state index in [1.165, 1.54) is 16.3 Å². The number of amidine groups is 1. The van der Waals surface area contributed by atoms with Gasteiger partial charge in [0.05, 0.1) is 5.84 Å². The second-order valence-electron chi connectivity index (χ2n) is 5.13. The highest BCUT2D eigenvalue weighted by Gasteiger charge is 2.11. The van der Waals surface area contributed by atoms with Gasteiger partial charge >= 0.3 is 0 Å². The molecule has 100 valence electrons. The molecule has 0 bridgehead atoms. The molecule has 0 aliphatic rings. The fourth-order valence-electron chi connectivity index (χ4n) is 2.33. The van der Waals surface area contributed by atoms with Crippen LogP contribution in [0.2, 0.25) is 0 Å². The van der Waals surface area contributed by atoms with E-state index in [-0.39, 0.29) is 11.9 Å². The molecular weight excluding hydrogens is 234 g/mol. The third-order valence-corrected chi connectivity index (χ3v) is 3.57. The van der Waals surface area contributed by atoms with Gasteiger partial charge in [-0.05, 0) is 30.3 Å². The van der Waals surface area contributed by atoms with Crippen LogP contribution >= 0.6 is 0 Å². The van der Waals surface area contributed by atoms with Crippen molar-refractivity contribution >= 4 is 16.6 Å². The average molecular weight is 255 g/mol. The Bertz CT molecular complexity index is 572. The summed E-state index contributed by atoms with van der Waals surface area (Å²) in [5.41, 5.74) is 6.79. The van der Waals surface area contributed by atoms with Crippen molar-refractivity contribution < 1.29 is 0 Å². The third-order valence-electron chi connectivity index (χ3n) is 3.57. The summed E-state index contributed by atoms with van der Waals surface area (Å²) < 4.78 is 0. The molecule has 3 nitrogen and oxygen atoms in total. The first-order valence-electron chi connectivity index (χ1n) is 6.57. The number of fused-ring (bicyclic) bond motifs is 1. The molecule has 3 N–H and O–H groups in total. The lowest BCUT2D eigenvalue weighted by Crippen LogP contribution is -2.32. The highest BCUT2D eigenvalue weighted by molar-refractivity contribution is 5.85. The van der Waals surface area contributed by atoms with E-state index in [0.29, 0.717) is 6.42 Å². The van der Waals surface area contributed by atoms with Gasteiger partial charge in [0.25, 0.3) is 0 Å². The standard InChI is InChI=1S/C16H21N3/c1-12(10-16(17)18)19(2)11-14-8-5-7-13-6-3-4-9-15(13)14/h3-9,12H,10-11H2,1-2H3,(H3,17,18). The summed E-state index contributed by atoms with van der Waals surface area (Å²) in [5, 5.41) is 9.95. The molecule has 0 saturated carbocycles. The summed E-state index contributed by atoms with van der Waals surface area (Å²) in [6.07, 6.45) is 0.612. The van der Waals surface area contributed by atoms with Crippen LogP contribution in [0.15, 0.2) is 42.5 Å². The summed E-state index contributed by atoms with van der Waals surface area (Å²) in [7, 11) is 2.08. The Morgan fingerprint density at radius 3 is 2.63 bits per heavy atom. The van der Waals surface area contributed by atoms with Crippen molar-refractivity contribution in [2.24, 2.45) is 5.73 Å². The van der Waals surface area contributed by atoms with Gasteiger partial charge in [-0.1, -0.05) is 42.5 Å². The molecule has 0 aliphatic heterocycles. The summed E-state index contributed by atoms with van der Waals surface area (Å²) in [6, 6.07) is 15.1. The third kappa shape index (κ3) is 3.32. The van der Waals surface area contributed by atoms with Crippen molar-refractivity contribution in [3.05, 3.63) is 48.0 Å². The van der Waals surface area contributed by atoms with E-state index in [0.717, 1.165) is 6.54 Å². The molecule has 0 aromatic heterocycles. The maximum absolute atomic E-state index is 7.38. The molecule has 0 spiro atoms. The SMILES string of the molecule is CC(CC(=N)N)N(C)Cc1cccc2ccccc12. The van der Waals surface area contributed by atoms with Crippen LogP contribution < -0.4 is 5.73 Å². The lowest BCUT2D eigenvalue weighted by Gasteiger charge is -2.24. The molecule has 19 heavy (non-hydrogen) atoms. The molecule has 0 amide bonds. The van der Waals surface area contributed by atoms with Gasteiger partial charge in [-0.15, -0.1) is 0 Å². The molecule has 0 heterocycles. The number of nitrogens with two attached hydrogens (primary N) is 1. The lowest BCUT2D eigenvalue weighted by atomic mass is 10.0. The minimum Gasteiger partial charge on any atom is -0.388 e. The Kier molecular flexibility index (Phi) is 4.17.